The zero-order chi connectivity index (χ0) is 14.8. The maximum atomic E-state index is 11.1. The minimum absolute atomic E-state index is 0.0108. The van der Waals surface area contributed by atoms with Gasteiger partial charge in [0.15, 0.2) is 0 Å². The molecule has 0 saturated carbocycles. The monoisotopic (exact) mass is 297 g/mol. The first kappa shape index (κ1) is 14.0. The number of nitrogens with zero attached hydrogens (tertiary/aromatic N) is 1. The number of hydrogen-bond donors (Lipinski definition) is 2. The molecule has 2 aromatic rings. The van der Waals surface area contributed by atoms with Crippen molar-refractivity contribution in [1.29, 1.82) is 0 Å². The molecule has 0 aliphatic carbocycles. The minimum Gasteiger partial charge on any atom is -0.404 e. The molecule has 20 heavy (non-hydrogen) atoms. The molecule has 9 heteroatoms. The highest BCUT2D eigenvalue weighted by Gasteiger charge is 2.11. The van der Waals surface area contributed by atoms with Gasteiger partial charge in [0.2, 0.25) is 10.0 Å². The summed E-state index contributed by atoms with van der Waals surface area (Å²) in [4.78, 5) is 9.83. The number of nitrogens with one attached hydrogen (secondary N) is 1. The Morgan fingerprint density at radius 2 is 1.85 bits per heavy atom. The summed E-state index contributed by atoms with van der Waals surface area (Å²) in [6.45, 7) is 0.239. The Bertz CT molecular complexity index is 721. The van der Waals surface area contributed by atoms with Crippen LogP contribution in [0.5, 0.6) is 0 Å². The number of benzene rings is 1. The molecule has 0 fully saturated rings. The quantitative estimate of drug-likeness (QED) is 0.634. The first-order chi connectivity index (χ1) is 9.36. The first-order valence-corrected chi connectivity index (χ1v) is 7.01. The molecule has 0 spiro atoms. The van der Waals surface area contributed by atoms with Gasteiger partial charge < -0.3 is 9.73 Å². The van der Waals surface area contributed by atoms with E-state index in [9.17, 15) is 18.5 Å². The number of sulfonamides is 1. The lowest BCUT2D eigenvalue weighted by Gasteiger charge is -2.05. The van der Waals surface area contributed by atoms with Gasteiger partial charge in [0.1, 0.15) is 10.7 Å². The number of anilines is 1. The van der Waals surface area contributed by atoms with Crippen molar-refractivity contribution >= 4 is 21.6 Å². The van der Waals surface area contributed by atoms with E-state index in [2.05, 4.69) is 5.32 Å². The van der Waals surface area contributed by atoms with Crippen molar-refractivity contribution in [3.63, 3.8) is 0 Å². The zero-order valence-electron chi connectivity index (χ0n) is 10.1. The maximum absolute atomic E-state index is 11.1. The molecule has 1 heterocycles. The maximum Gasteiger partial charge on any atom is 0.433 e. The minimum atomic E-state index is -3.71. The second-order valence-electron chi connectivity index (χ2n) is 3.92. The standard InChI is InChI=1S/C11H11N3O5S/c12-20(17,18)10-4-1-8(2-5-10)13-7-9-3-6-11(19-9)14(15)16/h1-6,13H,7H2,(H2,12,17,18). The summed E-state index contributed by atoms with van der Waals surface area (Å²) in [6.07, 6.45) is 0. The molecule has 0 amide bonds. The van der Waals surface area contributed by atoms with Crippen LogP contribution in [0, 0.1) is 10.1 Å². The van der Waals surface area contributed by atoms with Crippen molar-refractivity contribution in [2.24, 2.45) is 5.14 Å². The molecule has 3 N–H and O–H groups in total. The third-order valence-electron chi connectivity index (χ3n) is 2.48. The van der Waals surface area contributed by atoms with Crippen molar-refractivity contribution in [3.05, 3.63) is 52.3 Å². The average molecular weight is 297 g/mol. The molecule has 2 rings (SSSR count). The lowest BCUT2D eigenvalue weighted by molar-refractivity contribution is -0.402. The molecule has 0 aliphatic rings. The van der Waals surface area contributed by atoms with Crippen LogP contribution < -0.4 is 10.5 Å². The molecule has 1 aromatic carbocycles. The van der Waals surface area contributed by atoms with E-state index in [1.807, 2.05) is 0 Å². The SMILES string of the molecule is NS(=O)(=O)c1ccc(NCc2ccc([N+](=O)[O-])o2)cc1. The summed E-state index contributed by atoms with van der Waals surface area (Å²) in [5, 5.41) is 18.4. The van der Waals surface area contributed by atoms with Crippen LogP contribution in [0.3, 0.4) is 0 Å². The third kappa shape index (κ3) is 3.33. The van der Waals surface area contributed by atoms with E-state index in [1.54, 1.807) is 0 Å². The summed E-state index contributed by atoms with van der Waals surface area (Å²) >= 11 is 0. The van der Waals surface area contributed by atoms with Crippen LogP contribution in [0.15, 0.2) is 45.7 Å². The van der Waals surface area contributed by atoms with E-state index < -0.39 is 14.9 Å². The van der Waals surface area contributed by atoms with Gasteiger partial charge in [-0.2, -0.15) is 0 Å². The van der Waals surface area contributed by atoms with Gasteiger partial charge in [-0.3, -0.25) is 10.1 Å². The lowest BCUT2D eigenvalue weighted by atomic mass is 10.3. The molecule has 0 unspecified atom stereocenters. The van der Waals surface area contributed by atoms with Crippen LogP contribution in [0.4, 0.5) is 11.6 Å². The predicted molar refractivity (Wildman–Crippen MR) is 70.5 cm³/mol. The smallest absolute Gasteiger partial charge is 0.404 e. The molecule has 1 aromatic heterocycles. The Kier molecular flexibility index (Phi) is 3.72. The Morgan fingerprint density at radius 3 is 2.35 bits per heavy atom. The average Bonchev–Trinajstić information content (AvgIpc) is 2.85. The zero-order valence-corrected chi connectivity index (χ0v) is 11.0. The normalized spacial score (nSPS) is 11.2. The Labute approximate surface area is 114 Å². The highest BCUT2D eigenvalue weighted by molar-refractivity contribution is 7.89. The largest absolute Gasteiger partial charge is 0.433 e. The van der Waals surface area contributed by atoms with E-state index in [4.69, 9.17) is 9.56 Å². The number of rotatable bonds is 5. The first-order valence-electron chi connectivity index (χ1n) is 5.46. The fraction of sp³-hybridized carbons (Fsp3) is 0.0909. The van der Waals surface area contributed by atoms with Gasteiger partial charge >= 0.3 is 5.88 Å². The Balaban J connectivity index is 2.02. The molecule has 106 valence electrons. The number of nitrogens with two attached hydrogens (primary N) is 1. The number of primary sulfonamides is 1. The van der Waals surface area contributed by atoms with Gasteiger partial charge in [-0.1, -0.05) is 0 Å². The van der Waals surface area contributed by atoms with Gasteiger partial charge in [-0.25, -0.2) is 13.6 Å². The van der Waals surface area contributed by atoms with Gasteiger partial charge in [0.25, 0.3) is 0 Å². The van der Waals surface area contributed by atoms with Crippen molar-refractivity contribution in [3.8, 4) is 0 Å². The topological polar surface area (TPSA) is 128 Å². The fourth-order valence-corrected chi connectivity index (χ4v) is 2.03. The van der Waals surface area contributed by atoms with E-state index in [-0.39, 0.29) is 17.3 Å². The molecule has 8 nitrogen and oxygen atoms in total. The van der Waals surface area contributed by atoms with Crippen LogP contribution in [-0.2, 0) is 16.6 Å². The van der Waals surface area contributed by atoms with Gasteiger partial charge in [-0.15, -0.1) is 0 Å². The van der Waals surface area contributed by atoms with Crippen molar-refractivity contribution in [1.82, 2.24) is 0 Å². The van der Waals surface area contributed by atoms with E-state index in [1.165, 1.54) is 36.4 Å². The van der Waals surface area contributed by atoms with Crippen LogP contribution in [0.25, 0.3) is 0 Å². The van der Waals surface area contributed by atoms with Gasteiger partial charge in [0.05, 0.1) is 17.5 Å². The van der Waals surface area contributed by atoms with Crippen molar-refractivity contribution in [2.75, 3.05) is 5.32 Å². The highest BCUT2D eigenvalue weighted by atomic mass is 32.2. The Hall–Kier alpha value is -2.39. The molecular formula is C11H11N3O5S. The second kappa shape index (κ2) is 5.31. The molecule has 0 aliphatic heterocycles. The Morgan fingerprint density at radius 1 is 1.20 bits per heavy atom. The van der Waals surface area contributed by atoms with Gasteiger partial charge in [-0.05, 0) is 30.3 Å². The summed E-state index contributed by atoms with van der Waals surface area (Å²) < 4.78 is 27.1. The fourth-order valence-electron chi connectivity index (χ4n) is 1.51. The molecule has 0 saturated heterocycles. The number of hydrogen-bond acceptors (Lipinski definition) is 6. The molecule has 0 radical (unpaired) electrons. The van der Waals surface area contributed by atoms with Crippen LogP contribution >= 0.6 is 0 Å². The van der Waals surface area contributed by atoms with Gasteiger partial charge in [0, 0.05) is 5.69 Å². The molecule has 0 bridgehead atoms. The van der Waals surface area contributed by atoms with E-state index in [0.29, 0.717) is 11.4 Å². The van der Waals surface area contributed by atoms with Crippen LogP contribution in [0.1, 0.15) is 5.76 Å². The number of furan rings is 1. The van der Waals surface area contributed by atoms with Crippen molar-refractivity contribution < 1.29 is 17.8 Å². The third-order valence-corrected chi connectivity index (χ3v) is 3.41. The second-order valence-corrected chi connectivity index (χ2v) is 5.48. The van der Waals surface area contributed by atoms with Crippen LogP contribution in [-0.4, -0.2) is 13.3 Å². The summed E-state index contributed by atoms with van der Waals surface area (Å²) in [5.41, 5.74) is 0.636. The predicted octanol–water partition coefficient (Wildman–Crippen LogP) is 1.45. The van der Waals surface area contributed by atoms with E-state index >= 15 is 0 Å². The lowest BCUT2D eigenvalue weighted by Crippen LogP contribution is -2.11. The molecular weight excluding hydrogens is 286 g/mol. The molecule has 0 atom stereocenters. The highest BCUT2D eigenvalue weighted by Crippen LogP contribution is 2.18. The summed E-state index contributed by atoms with van der Waals surface area (Å²) in [7, 11) is -3.71. The summed E-state index contributed by atoms with van der Waals surface area (Å²) in [6, 6.07) is 8.56. The van der Waals surface area contributed by atoms with E-state index in [0.717, 1.165) is 0 Å². The van der Waals surface area contributed by atoms with Crippen LogP contribution in [0.2, 0.25) is 0 Å². The van der Waals surface area contributed by atoms with Crippen molar-refractivity contribution in [2.45, 2.75) is 11.4 Å². The summed E-state index contributed by atoms with van der Waals surface area (Å²) in [5.74, 6) is 0.0681. The number of nitro groups is 1.